The van der Waals surface area contributed by atoms with Gasteiger partial charge in [0.25, 0.3) is 0 Å². The van der Waals surface area contributed by atoms with Crippen LogP contribution in [0.25, 0.3) is 0 Å². The summed E-state index contributed by atoms with van der Waals surface area (Å²) in [5.74, 6) is 0.244. The van der Waals surface area contributed by atoms with Crippen molar-refractivity contribution < 1.29 is 15.3 Å². The Bertz CT molecular complexity index is 823. The topological polar surface area (TPSA) is 69.2 Å². The number of hydrogen-bond donors (Lipinski definition) is 0. The van der Waals surface area contributed by atoms with Crippen LogP contribution in [0.4, 0.5) is 0 Å². The molecule has 34 heavy (non-hydrogen) atoms. The second kappa shape index (κ2) is 12.9. The predicted octanol–water partition coefficient (Wildman–Crippen LogP) is 5.79. The maximum Gasteiger partial charge on any atom is 3.00 e. The molecule has 0 amide bonds. The van der Waals surface area contributed by atoms with Gasteiger partial charge in [-0.3, -0.25) is 0 Å². The van der Waals surface area contributed by atoms with Crippen molar-refractivity contribution in [2.45, 2.75) is 78.6 Å². The Balaban J connectivity index is 0.000000473. The third-order valence-electron chi connectivity index (χ3n) is 5.16. The summed E-state index contributed by atoms with van der Waals surface area (Å²) in [5, 5.41) is 32.2. The fourth-order valence-electron chi connectivity index (χ4n) is 2.86. The molecule has 0 aromatic heterocycles. The summed E-state index contributed by atoms with van der Waals surface area (Å²) in [5.41, 5.74) is 4.06. The smallest absolute Gasteiger partial charge is 0.872 e. The number of rotatable bonds is 0. The fourth-order valence-corrected chi connectivity index (χ4v) is 2.86. The molecule has 0 heterocycles. The van der Waals surface area contributed by atoms with Crippen LogP contribution >= 0.6 is 0 Å². The molecule has 0 N–H and O–H groups in total. The van der Waals surface area contributed by atoms with E-state index in [0.717, 1.165) is 0 Å². The summed E-state index contributed by atoms with van der Waals surface area (Å²) >= 11 is 0. The predicted molar refractivity (Wildman–Crippen MR) is 140 cm³/mol. The Morgan fingerprint density at radius 1 is 0.353 bits per heavy atom. The van der Waals surface area contributed by atoms with E-state index in [1.807, 2.05) is 36.4 Å². The molecular formula is C30H39AlO3. The third kappa shape index (κ3) is 11.6. The summed E-state index contributed by atoms with van der Waals surface area (Å²) in [7, 11) is 0. The van der Waals surface area contributed by atoms with E-state index >= 15 is 0 Å². The van der Waals surface area contributed by atoms with Crippen molar-refractivity contribution in [3.63, 3.8) is 0 Å². The van der Waals surface area contributed by atoms with Gasteiger partial charge < -0.3 is 15.3 Å². The molecule has 0 atom stereocenters. The summed E-state index contributed by atoms with van der Waals surface area (Å²) in [6.45, 7) is 19.2. The number of benzene rings is 3. The standard InChI is InChI=1S/3C10H14O.Al/c3*1-10(2,3)8-4-6-9(11)7-5-8;/h3*4-7,11H,1-3H3;/q;;;+3/p-3. The molecule has 0 aliphatic rings. The van der Waals surface area contributed by atoms with Gasteiger partial charge >= 0.3 is 17.4 Å². The van der Waals surface area contributed by atoms with Crippen LogP contribution < -0.4 is 15.3 Å². The minimum atomic E-state index is 0. The molecule has 4 heteroatoms. The van der Waals surface area contributed by atoms with Crippen molar-refractivity contribution in [1.82, 2.24) is 0 Å². The zero-order valence-electron chi connectivity index (χ0n) is 22.2. The van der Waals surface area contributed by atoms with Gasteiger partial charge in [0, 0.05) is 0 Å². The molecule has 0 radical (unpaired) electrons. The van der Waals surface area contributed by atoms with Crippen LogP contribution in [0.2, 0.25) is 0 Å². The van der Waals surface area contributed by atoms with Crippen molar-refractivity contribution in [2.24, 2.45) is 0 Å². The normalized spacial score (nSPS) is 11.2. The van der Waals surface area contributed by atoms with Crippen LogP contribution in [0, 0.1) is 0 Å². The second-order valence-electron chi connectivity index (χ2n) is 11.3. The molecule has 0 unspecified atom stereocenters. The average Bonchev–Trinajstić information content (AvgIpc) is 2.68. The fraction of sp³-hybridized carbons (Fsp3) is 0.400. The van der Waals surface area contributed by atoms with E-state index in [1.165, 1.54) is 16.7 Å². The molecule has 0 spiro atoms. The van der Waals surface area contributed by atoms with E-state index in [2.05, 4.69) is 62.3 Å². The summed E-state index contributed by atoms with van der Waals surface area (Å²) in [4.78, 5) is 0. The summed E-state index contributed by atoms with van der Waals surface area (Å²) in [6.07, 6.45) is 0. The molecule has 0 saturated carbocycles. The molecule has 0 fully saturated rings. The van der Waals surface area contributed by atoms with Crippen molar-refractivity contribution in [1.29, 1.82) is 0 Å². The Hall–Kier alpha value is -2.41. The Morgan fingerprint density at radius 2 is 0.500 bits per heavy atom. The Labute approximate surface area is 217 Å². The van der Waals surface area contributed by atoms with Crippen LogP contribution in [0.5, 0.6) is 17.2 Å². The SMILES string of the molecule is CC(C)(C)c1ccc([O-])cc1.CC(C)(C)c1ccc([O-])cc1.CC(C)(C)c1ccc([O-])cc1.[Al+3]. The summed E-state index contributed by atoms with van der Waals surface area (Å²) in [6, 6.07) is 21.0. The largest absolute Gasteiger partial charge is 3.00 e. The van der Waals surface area contributed by atoms with Gasteiger partial charge in [-0.05, 0) is 32.9 Å². The van der Waals surface area contributed by atoms with Gasteiger partial charge in [0.1, 0.15) is 0 Å². The van der Waals surface area contributed by atoms with Gasteiger partial charge in [-0.1, -0.05) is 135 Å². The average molecular weight is 475 g/mol. The van der Waals surface area contributed by atoms with E-state index in [4.69, 9.17) is 0 Å². The molecule has 0 saturated heterocycles. The maximum atomic E-state index is 10.7. The molecule has 3 rings (SSSR count). The second-order valence-corrected chi connectivity index (χ2v) is 11.3. The van der Waals surface area contributed by atoms with Crippen molar-refractivity contribution in [3.05, 3.63) is 89.5 Å². The summed E-state index contributed by atoms with van der Waals surface area (Å²) < 4.78 is 0. The zero-order chi connectivity index (χ0) is 25.4. The van der Waals surface area contributed by atoms with E-state index in [9.17, 15) is 15.3 Å². The maximum absolute atomic E-state index is 10.7. The molecule has 3 aromatic rings. The monoisotopic (exact) mass is 474 g/mol. The first-order valence-electron chi connectivity index (χ1n) is 11.3. The molecule has 180 valence electrons. The van der Waals surface area contributed by atoms with Crippen LogP contribution in [-0.4, -0.2) is 17.4 Å². The first kappa shape index (κ1) is 31.6. The van der Waals surface area contributed by atoms with Crippen LogP contribution in [0.1, 0.15) is 79.0 Å². The zero-order valence-corrected chi connectivity index (χ0v) is 23.4. The molecule has 3 aromatic carbocycles. The molecule has 0 aliphatic heterocycles. The van der Waals surface area contributed by atoms with Crippen molar-refractivity contribution in [2.75, 3.05) is 0 Å². The third-order valence-corrected chi connectivity index (χ3v) is 5.16. The van der Waals surface area contributed by atoms with Crippen LogP contribution in [-0.2, 0) is 16.2 Å². The minimum absolute atomic E-state index is 0. The van der Waals surface area contributed by atoms with Gasteiger partial charge in [-0.2, -0.15) is 0 Å². The van der Waals surface area contributed by atoms with Gasteiger partial charge in [0.05, 0.1) is 0 Å². The first-order chi connectivity index (χ1) is 15.0. The van der Waals surface area contributed by atoms with Gasteiger partial charge in [-0.25, -0.2) is 0 Å². The van der Waals surface area contributed by atoms with Crippen molar-refractivity contribution in [3.8, 4) is 17.2 Å². The molecular weight excluding hydrogens is 435 g/mol. The Kier molecular flexibility index (Phi) is 12.0. The Morgan fingerprint density at radius 3 is 0.618 bits per heavy atom. The number of hydrogen-bond acceptors (Lipinski definition) is 3. The van der Waals surface area contributed by atoms with E-state index < -0.39 is 0 Å². The van der Waals surface area contributed by atoms with Crippen molar-refractivity contribution >= 4 is 17.4 Å². The minimum Gasteiger partial charge on any atom is -0.872 e. The quantitative estimate of drug-likeness (QED) is 0.387. The molecule has 0 aliphatic carbocycles. The van der Waals surface area contributed by atoms with Gasteiger partial charge in [0.2, 0.25) is 0 Å². The van der Waals surface area contributed by atoms with E-state index in [1.54, 1.807) is 36.4 Å². The first-order valence-corrected chi connectivity index (χ1v) is 11.3. The molecule has 0 bridgehead atoms. The van der Waals surface area contributed by atoms with Crippen LogP contribution in [0.3, 0.4) is 0 Å². The van der Waals surface area contributed by atoms with Crippen LogP contribution in [0.15, 0.2) is 72.8 Å². The van der Waals surface area contributed by atoms with Gasteiger partial charge in [-0.15, -0.1) is 17.2 Å². The molecule has 3 nitrogen and oxygen atoms in total. The van der Waals surface area contributed by atoms with E-state index in [-0.39, 0.29) is 50.9 Å². The van der Waals surface area contributed by atoms with Gasteiger partial charge in [0.15, 0.2) is 0 Å². The van der Waals surface area contributed by atoms with E-state index in [0.29, 0.717) is 0 Å².